The van der Waals surface area contributed by atoms with Crippen LogP contribution in [0, 0.1) is 76.1 Å². The maximum atomic E-state index is 15.6. The van der Waals surface area contributed by atoms with Gasteiger partial charge in [-0.25, -0.2) is 48.7 Å². The zero-order chi connectivity index (χ0) is 67.6. The van der Waals surface area contributed by atoms with Gasteiger partial charge in [0.05, 0.1) is 63.7 Å². The SMILES string of the molecule is Fc1ccc(N(c2ccc(F)cc2F)c2ccc3ccc4c(N(c5ccc(F)cc5)c5ccc(F)cc5F)ccc5ccc2c3c54)cc1.[C-]#[N+]c1ccc(N(c2ccc(F)cc2F)c2ccc3ccc4c(N(c5ccc(C#N)cc5)c5ccc(F)cc5F)ccc5ccc2c3c54)cc1. The number of halogens is 10. The van der Waals surface area contributed by atoms with Crippen LogP contribution in [0.25, 0.3) is 69.5 Å². The van der Waals surface area contributed by atoms with Crippen molar-refractivity contribution < 1.29 is 43.9 Å². The largest absolute Gasteiger partial charge is 0.307 e. The van der Waals surface area contributed by atoms with Crippen molar-refractivity contribution in [2.45, 2.75) is 0 Å². The van der Waals surface area contributed by atoms with Crippen LogP contribution >= 0.6 is 0 Å². The predicted octanol–water partition coefficient (Wildman–Crippen LogP) is 24.9. The van der Waals surface area contributed by atoms with Gasteiger partial charge in [-0.05, 0) is 201 Å². The molecule has 0 unspecified atom stereocenters. The van der Waals surface area contributed by atoms with E-state index in [-0.39, 0.29) is 22.7 Å². The van der Waals surface area contributed by atoms with Crippen molar-refractivity contribution in [3.63, 3.8) is 0 Å². The Labute approximate surface area is 552 Å². The number of nitriles is 1. The Bertz CT molecular complexity index is 5520. The van der Waals surface area contributed by atoms with Gasteiger partial charge in [-0.15, -0.1) is 0 Å². The first-order chi connectivity index (χ1) is 47.6. The van der Waals surface area contributed by atoms with E-state index in [1.54, 1.807) is 68.1 Å². The summed E-state index contributed by atoms with van der Waals surface area (Å²) in [5.74, 6) is -6.94. The first kappa shape index (κ1) is 61.3. The van der Waals surface area contributed by atoms with Crippen LogP contribution in [0.5, 0.6) is 0 Å². The first-order valence-electron chi connectivity index (χ1n) is 30.5. The molecule has 0 saturated carbocycles. The van der Waals surface area contributed by atoms with Crippen molar-refractivity contribution in [3.8, 4) is 6.07 Å². The van der Waals surface area contributed by atoms with Crippen molar-refractivity contribution in [3.05, 3.63) is 342 Å². The topological polar surface area (TPSA) is 41.1 Å². The number of hydrogen-bond acceptors (Lipinski definition) is 5. The lowest BCUT2D eigenvalue weighted by Crippen LogP contribution is -2.13. The third kappa shape index (κ3) is 10.9. The zero-order valence-electron chi connectivity index (χ0n) is 50.9. The van der Waals surface area contributed by atoms with Gasteiger partial charge in [0, 0.05) is 68.6 Å². The van der Waals surface area contributed by atoms with Gasteiger partial charge in [-0.2, -0.15) is 5.26 Å². The quantitative estimate of drug-likeness (QED) is 0.0693. The Morgan fingerprint density at radius 2 is 0.480 bits per heavy atom. The molecule has 0 aromatic heterocycles. The van der Waals surface area contributed by atoms with E-state index in [0.29, 0.717) is 56.7 Å². The molecular formula is C82H44F10N6. The highest BCUT2D eigenvalue weighted by Crippen LogP contribution is 2.51. The average Bonchev–Trinajstić information content (AvgIpc) is 0.726. The van der Waals surface area contributed by atoms with Crippen molar-refractivity contribution in [1.82, 2.24) is 0 Å². The van der Waals surface area contributed by atoms with E-state index in [4.69, 9.17) is 6.57 Å². The summed E-state index contributed by atoms with van der Waals surface area (Å²) < 4.78 is 146. The lowest BCUT2D eigenvalue weighted by Gasteiger charge is -2.29. The second kappa shape index (κ2) is 24.8. The van der Waals surface area contributed by atoms with Gasteiger partial charge in [0.2, 0.25) is 0 Å². The van der Waals surface area contributed by atoms with Gasteiger partial charge in [-0.1, -0.05) is 84.9 Å². The molecule has 98 heavy (non-hydrogen) atoms. The summed E-state index contributed by atoms with van der Waals surface area (Å²) >= 11 is 0. The maximum absolute atomic E-state index is 15.6. The summed E-state index contributed by atoms with van der Waals surface area (Å²) in [6, 6.07) is 70.7. The first-order valence-corrected chi connectivity index (χ1v) is 30.5. The standard InChI is InChI=1S/C42H22F4N4.C40H22F6N2/c1-48-30-10-14-32(15-11-30)50(40-21-9-29(44)23-36(40)46)38-19-7-27-4-16-33-37(18-6-26-5-17-34(38)42(27)41(26)33)49(31-12-2-25(24-47)3-13-31)39-20-8-28(43)22-35(39)45;41-25-5-11-29(12-6-25)47(37-19-9-27(43)21-33(37)45)35-18-4-24-2-16-32-36(17-3-23-1-15-31(35)40(24)39(23)32)48(30-13-7-26(42)8-14-30)38-20-10-28(44)22-34(38)46/h2-23H;1-22H. The van der Waals surface area contributed by atoms with Gasteiger partial charge in [0.1, 0.15) is 58.2 Å². The molecule has 0 atom stereocenters. The van der Waals surface area contributed by atoms with E-state index >= 15 is 17.6 Å². The zero-order valence-corrected chi connectivity index (χ0v) is 50.9. The molecule has 0 aliphatic heterocycles. The summed E-state index contributed by atoms with van der Waals surface area (Å²) in [6.07, 6.45) is 0. The molecule has 0 aliphatic carbocycles. The fraction of sp³-hybridized carbons (Fsp3) is 0. The number of hydrogen-bond donors (Lipinski definition) is 0. The molecule has 0 fully saturated rings. The summed E-state index contributed by atoms with van der Waals surface area (Å²) in [6.45, 7) is 7.39. The van der Waals surface area contributed by atoms with Crippen molar-refractivity contribution in [1.29, 1.82) is 5.26 Å². The highest BCUT2D eigenvalue weighted by molar-refractivity contribution is 6.29. The molecule has 16 heteroatoms. The van der Waals surface area contributed by atoms with Crippen LogP contribution in [0.2, 0.25) is 0 Å². The second-order valence-corrected chi connectivity index (χ2v) is 23.1. The maximum Gasteiger partial charge on any atom is 0.187 e. The fourth-order valence-corrected chi connectivity index (χ4v) is 13.1. The molecule has 16 aromatic carbocycles. The number of benzene rings is 16. The van der Waals surface area contributed by atoms with E-state index in [2.05, 4.69) is 10.9 Å². The summed E-state index contributed by atoms with van der Waals surface area (Å²) in [7, 11) is 0. The Morgan fingerprint density at radius 3 is 0.724 bits per heavy atom. The molecule has 6 nitrogen and oxygen atoms in total. The number of rotatable bonds is 12. The second-order valence-electron chi connectivity index (χ2n) is 23.1. The third-order valence-corrected chi connectivity index (χ3v) is 17.5. The minimum absolute atomic E-state index is 0.0630. The molecule has 0 heterocycles. The van der Waals surface area contributed by atoms with Gasteiger partial charge >= 0.3 is 0 Å². The molecule has 472 valence electrons. The molecule has 0 radical (unpaired) electrons. The smallest absolute Gasteiger partial charge is 0.187 e. The van der Waals surface area contributed by atoms with Gasteiger partial charge in [0.15, 0.2) is 5.69 Å². The molecule has 0 bridgehead atoms. The van der Waals surface area contributed by atoms with E-state index in [0.717, 1.165) is 101 Å². The Balaban J connectivity index is 0.000000160. The fourth-order valence-electron chi connectivity index (χ4n) is 13.1. The van der Waals surface area contributed by atoms with E-state index in [1.165, 1.54) is 84.9 Å². The normalized spacial score (nSPS) is 11.3. The van der Waals surface area contributed by atoms with Crippen LogP contribution in [0.1, 0.15) is 5.56 Å². The van der Waals surface area contributed by atoms with Crippen molar-refractivity contribution in [2.75, 3.05) is 19.6 Å². The summed E-state index contributed by atoms with van der Waals surface area (Å²) in [5, 5.41) is 19.3. The van der Waals surface area contributed by atoms with Crippen molar-refractivity contribution in [2.24, 2.45) is 0 Å². The van der Waals surface area contributed by atoms with Gasteiger partial charge in [0.25, 0.3) is 0 Å². The molecule has 16 rings (SSSR count). The van der Waals surface area contributed by atoms with Crippen LogP contribution < -0.4 is 19.6 Å². The van der Waals surface area contributed by atoms with Crippen LogP contribution in [0.3, 0.4) is 0 Å². The Kier molecular flexibility index (Phi) is 15.5. The predicted molar refractivity (Wildman–Crippen MR) is 370 cm³/mol. The minimum Gasteiger partial charge on any atom is -0.307 e. The lowest BCUT2D eigenvalue weighted by atomic mass is 9.91. The van der Waals surface area contributed by atoms with E-state index < -0.39 is 58.2 Å². The van der Waals surface area contributed by atoms with Crippen molar-refractivity contribution >= 4 is 139 Å². The molecular weight excluding hydrogens is 1260 g/mol. The molecule has 0 spiro atoms. The monoisotopic (exact) mass is 1300 g/mol. The van der Waals surface area contributed by atoms with E-state index in [9.17, 15) is 31.6 Å². The van der Waals surface area contributed by atoms with Crippen LogP contribution in [0.4, 0.5) is 118 Å². The Morgan fingerprint density at radius 1 is 0.255 bits per heavy atom. The minimum atomic E-state index is -0.802. The highest BCUT2D eigenvalue weighted by Gasteiger charge is 2.28. The van der Waals surface area contributed by atoms with Crippen LogP contribution in [-0.4, -0.2) is 0 Å². The molecule has 16 aromatic rings. The molecule has 0 amide bonds. The highest BCUT2D eigenvalue weighted by atomic mass is 19.2. The van der Waals surface area contributed by atoms with Crippen LogP contribution in [0.15, 0.2) is 267 Å². The average molecular weight is 1300 g/mol. The molecule has 0 N–H and O–H groups in total. The lowest BCUT2D eigenvalue weighted by molar-refractivity contribution is 0.583. The molecule has 0 saturated heterocycles. The van der Waals surface area contributed by atoms with Gasteiger partial charge in [-0.3, -0.25) is 0 Å². The molecule has 0 aliphatic rings. The Hall–Kier alpha value is -12.9. The van der Waals surface area contributed by atoms with E-state index in [1.807, 2.05) is 97.1 Å². The number of anilines is 12. The number of nitrogens with zero attached hydrogens (tertiary/aromatic N) is 6. The van der Waals surface area contributed by atoms with Crippen LogP contribution in [-0.2, 0) is 0 Å². The summed E-state index contributed by atoms with van der Waals surface area (Å²) in [4.78, 5) is 10.1. The summed E-state index contributed by atoms with van der Waals surface area (Å²) in [5.41, 5.74) is 5.59. The van der Waals surface area contributed by atoms with Gasteiger partial charge < -0.3 is 19.6 Å². The third-order valence-electron chi connectivity index (χ3n) is 17.5.